The van der Waals surface area contributed by atoms with Crippen molar-refractivity contribution < 1.29 is 14.1 Å². The zero-order valence-electron chi connectivity index (χ0n) is 5.09. The van der Waals surface area contributed by atoms with E-state index >= 15 is 0 Å². The SMILES string of the molecule is CCOC(=O)CC#P=O. The molecule has 0 atom stereocenters. The summed E-state index contributed by atoms with van der Waals surface area (Å²) in [4.78, 5) is 10.4. The molecule has 0 rings (SSSR count). The van der Waals surface area contributed by atoms with Gasteiger partial charge in [-0.05, 0) is 0 Å². The maximum absolute atomic E-state index is 10.4. The van der Waals surface area contributed by atoms with E-state index in [1.54, 1.807) is 6.92 Å². The van der Waals surface area contributed by atoms with Crippen molar-refractivity contribution in [3.05, 3.63) is 0 Å². The van der Waals surface area contributed by atoms with Crippen LogP contribution in [0, 0.1) is 5.63 Å². The predicted octanol–water partition coefficient (Wildman–Crippen LogP) is 1.19. The van der Waals surface area contributed by atoms with Gasteiger partial charge in [-0.2, -0.15) is 0 Å². The first-order valence-corrected chi connectivity index (χ1v) is 3.33. The Morgan fingerprint density at radius 1 is 1.78 bits per heavy atom. The summed E-state index contributed by atoms with van der Waals surface area (Å²) in [5.74, 6) is -0.388. The van der Waals surface area contributed by atoms with Gasteiger partial charge in [-0.15, -0.1) is 0 Å². The molecular weight excluding hydrogens is 139 g/mol. The average Bonchev–Trinajstić information content (AvgIpc) is 1.85. The molecular formula is C5H7O3P. The van der Waals surface area contributed by atoms with Gasteiger partial charge < -0.3 is 0 Å². The summed E-state index contributed by atoms with van der Waals surface area (Å²) in [5.41, 5.74) is 2.27. The van der Waals surface area contributed by atoms with Crippen LogP contribution in [-0.4, -0.2) is 12.6 Å². The molecule has 0 aromatic heterocycles. The molecule has 0 fully saturated rings. The third kappa shape index (κ3) is 5.35. The van der Waals surface area contributed by atoms with Crippen molar-refractivity contribution in [3.8, 4) is 5.63 Å². The van der Waals surface area contributed by atoms with E-state index in [1.807, 2.05) is 0 Å². The van der Waals surface area contributed by atoms with Crippen LogP contribution in [0.5, 0.6) is 0 Å². The average molecular weight is 146 g/mol. The molecule has 0 radical (unpaired) electrons. The Bertz CT molecular complexity index is 179. The van der Waals surface area contributed by atoms with Crippen LogP contribution in [0.1, 0.15) is 13.3 Å². The zero-order chi connectivity index (χ0) is 7.11. The molecule has 0 bridgehead atoms. The van der Waals surface area contributed by atoms with Gasteiger partial charge in [0.1, 0.15) is 0 Å². The number of rotatable bonds is 2. The minimum absolute atomic E-state index is 0.00110. The van der Waals surface area contributed by atoms with E-state index in [1.165, 1.54) is 0 Å². The Morgan fingerprint density at radius 2 is 2.44 bits per heavy atom. The van der Waals surface area contributed by atoms with Gasteiger partial charge in [-0.25, -0.2) is 0 Å². The first kappa shape index (κ1) is 8.48. The quantitative estimate of drug-likeness (QED) is 0.434. The molecule has 50 valence electrons. The molecule has 3 nitrogen and oxygen atoms in total. The summed E-state index contributed by atoms with van der Waals surface area (Å²) in [6.07, 6.45) is -0.00110. The van der Waals surface area contributed by atoms with Gasteiger partial charge in [0.2, 0.25) is 0 Å². The molecule has 0 spiro atoms. The molecule has 0 N–H and O–H groups in total. The molecule has 0 aromatic rings. The van der Waals surface area contributed by atoms with Gasteiger partial charge in [0.05, 0.1) is 0 Å². The Labute approximate surface area is 54.5 Å². The molecule has 0 unspecified atom stereocenters. The van der Waals surface area contributed by atoms with Crippen LogP contribution in [-0.2, 0) is 14.1 Å². The second-order valence-electron chi connectivity index (χ2n) is 1.23. The van der Waals surface area contributed by atoms with E-state index in [0.29, 0.717) is 6.61 Å². The second kappa shape index (κ2) is 5.61. The first-order valence-electron chi connectivity index (χ1n) is 2.52. The molecule has 0 aliphatic rings. The summed E-state index contributed by atoms with van der Waals surface area (Å²) < 4.78 is 14.2. The van der Waals surface area contributed by atoms with Gasteiger partial charge in [0, 0.05) is 0 Å². The predicted molar refractivity (Wildman–Crippen MR) is 32.7 cm³/mol. The molecule has 0 aliphatic carbocycles. The Kier molecular flexibility index (Phi) is 5.29. The van der Waals surface area contributed by atoms with Crippen molar-refractivity contribution in [2.24, 2.45) is 0 Å². The van der Waals surface area contributed by atoms with Crippen molar-refractivity contribution in [1.82, 2.24) is 0 Å². The molecule has 0 amide bonds. The van der Waals surface area contributed by atoms with Crippen molar-refractivity contribution in [3.63, 3.8) is 0 Å². The van der Waals surface area contributed by atoms with Gasteiger partial charge >= 0.3 is 53.6 Å². The third-order valence-corrected chi connectivity index (χ3v) is 0.880. The van der Waals surface area contributed by atoms with Crippen molar-refractivity contribution in [2.75, 3.05) is 6.61 Å². The number of carbonyl (C=O) groups is 1. The van der Waals surface area contributed by atoms with Crippen LogP contribution in [0.15, 0.2) is 0 Å². The van der Waals surface area contributed by atoms with Crippen LogP contribution in [0.25, 0.3) is 0 Å². The molecule has 0 saturated heterocycles. The number of esters is 1. The van der Waals surface area contributed by atoms with Crippen LogP contribution in [0.4, 0.5) is 0 Å². The minimum atomic E-state index is -0.388. The Morgan fingerprint density at radius 3 is 2.89 bits per heavy atom. The summed E-state index contributed by atoms with van der Waals surface area (Å²) in [6, 6.07) is 0. The van der Waals surface area contributed by atoms with Crippen molar-refractivity contribution >= 4 is 13.9 Å². The zero-order valence-corrected chi connectivity index (χ0v) is 5.98. The molecule has 0 heterocycles. The first-order chi connectivity index (χ1) is 4.31. The van der Waals surface area contributed by atoms with Crippen LogP contribution in [0.2, 0.25) is 0 Å². The van der Waals surface area contributed by atoms with E-state index in [9.17, 15) is 9.36 Å². The molecule has 0 aliphatic heterocycles. The number of hydrogen-bond donors (Lipinski definition) is 0. The third-order valence-electron chi connectivity index (χ3n) is 0.593. The van der Waals surface area contributed by atoms with Crippen LogP contribution >= 0.6 is 7.92 Å². The fraction of sp³-hybridized carbons (Fsp3) is 0.600. The van der Waals surface area contributed by atoms with E-state index in [4.69, 9.17) is 0 Å². The fourth-order valence-electron chi connectivity index (χ4n) is 0.309. The molecule has 0 saturated carbocycles. The molecule has 4 heteroatoms. The summed E-state index contributed by atoms with van der Waals surface area (Å²) in [5, 5.41) is 0. The van der Waals surface area contributed by atoms with Gasteiger partial charge in [0.25, 0.3) is 0 Å². The summed E-state index contributed by atoms with van der Waals surface area (Å²) in [7, 11) is -0.245. The summed E-state index contributed by atoms with van der Waals surface area (Å²) in [6.45, 7) is 2.07. The Balaban J connectivity index is 3.46. The van der Waals surface area contributed by atoms with E-state index < -0.39 is 0 Å². The second-order valence-corrected chi connectivity index (χ2v) is 1.73. The fourth-order valence-corrected chi connectivity index (χ4v) is 0.502. The molecule has 0 aromatic carbocycles. The number of hydrogen-bond acceptors (Lipinski definition) is 3. The topological polar surface area (TPSA) is 43.4 Å². The van der Waals surface area contributed by atoms with Gasteiger partial charge in [-0.3, -0.25) is 0 Å². The summed E-state index contributed by atoms with van der Waals surface area (Å²) >= 11 is 0. The van der Waals surface area contributed by atoms with Crippen molar-refractivity contribution in [1.29, 1.82) is 0 Å². The number of carbonyl (C=O) groups excluding carboxylic acids is 1. The van der Waals surface area contributed by atoms with Gasteiger partial charge in [-0.1, -0.05) is 0 Å². The van der Waals surface area contributed by atoms with E-state index in [0.717, 1.165) is 0 Å². The van der Waals surface area contributed by atoms with Gasteiger partial charge in [0.15, 0.2) is 0 Å². The Hall–Kier alpha value is -0.520. The number of ether oxygens (including phenoxy) is 1. The van der Waals surface area contributed by atoms with Crippen LogP contribution in [0.3, 0.4) is 0 Å². The monoisotopic (exact) mass is 146 g/mol. The maximum atomic E-state index is 10.4. The van der Waals surface area contributed by atoms with E-state index in [2.05, 4.69) is 10.4 Å². The normalized spacial score (nSPS) is 7.67. The van der Waals surface area contributed by atoms with E-state index in [-0.39, 0.29) is 20.3 Å². The van der Waals surface area contributed by atoms with Crippen molar-refractivity contribution in [2.45, 2.75) is 13.3 Å². The van der Waals surface area contributed by atoms with Crippen LogP contribution < -0.4 is 0 Å². The standard InChI is InChI=1S/C5H7O3P/c1-2-8-5(6)3-4-9-7/h2-3H2,1H3. The molecule has 9 heavy (non-hydrogen) atoms.